The van der Waals surface area contributed by atoms with E-state index in [0.29, 0.717) is 23.0 Å². The first-order chi connectivity index (χ1) is 8.68. The van der Waals surface area contributed by atoms with Gasteiger partial charge in [0.2, 0.25) is 0 Å². The van der Waals surface area contributed by atoms with E-state index in [4.69, 9.17) is 11.6 Å². The summed E-state index contributed by atoms with van der Waals surface area (Å²) in [5.74, 6) is 0.417. The second kappa shape index (κ2) is 8.10. The van der Waals surface area contributed by atoms with Crippen LogP contribution in [0.25, 0.3) is 0 Å². The van der Waals surface area contributed by atoms with E-state index in [1.54, 1.807) is 6.07 Å². The monoisotopic (exact) mass is 366 g/mol. The molecule has 1 fully saturated rings. The standard InChI is InChI=1S/C13H16BrClN2O.ClH/c14-11-5-1-4-10(12(11)15)13(18)17-8-9-3-2-6-16-7-9;/h1,4-5,9,16H,2-3,6-8H2,(H,17,18);1H. The molecule has 3 nitrogen and oxygen atoms in total. The maximum Gasteiger partial charge on any atom is 0.252 e. The van der Waals surface area contributed by atoms with E-state index in [-0.39, 0.29) is 18.3 Å². The van der Waals surface area contributed by atoms with Crippen molar-refractivity contribution in [2.45, 2.75) is 12.8 Å². The fraction of sp³-hybridized carbons (Fsp3) is 0.462. The lowest BCUT2D eigenvalue weighted by molar-refractivity contribution is 0.0945. The number of amides is 1. The average molecular weight is 368 g/mol. The van der Waals surface area contributed by atoms with Crippen molar-refractivity contribution in [2.24, 2.45) is 5.92 Å². The number of rotatable bonds is 3. The quantitative estimate of drug-likeness (QED) is 0.860. The van der Waals surface area contributed by atoms with Crippen molar-refractivity contribution in [1.29, 1.82) is 0 Å². The molecule has 19 heavy (non-hydrogen) atoms. The van der Waals surface area contributed by atoms with Crippen molar-refractivity contribution in [3.63, 3.8) is 0 Å². The molecule has 1 aliphatic rings. The highest BCUT2D eigenvalue weighted by atomic mass is 79.9. The highest BCUT2D eigenvalue weighted by molar-refractivity contribution is 9.10. The summed E-state index contributed by atoms with van der Waals surface area (Å²) < 4.78 is 0.746. The third-order valence-corrected chi connectivity index (χ3v) is 4.44. The van der Waals surface area contributed by atoms with Crippen LogP contribution in [0.4, 0.5) is 0 Å². The van der Waals surface area contributed by atoms with Gasteiger partial charge in [0.15, 0.2) is 0 Å². The lowest BCUT2D eigenvalue weighted by Crippen LogP contribution is -2.38. The summed E-state index contributed by atoms with van der Waals surface area (Å²) in [6.07, 6.45) is 2.34. The molecule has 106 valence electrons. The van der Waals surface area contributed by atoms with Gasteiger partial charge >= 0.3 is 0 Å². The number of hydrogen-bond donors (Lipinski definition) is 2. The van der Waals surface area contributed by atoms with Crippen molar-refractivity contribution < 1.29 is 4.79 Å². The Kier molecular flexibility index (Phi) is 7.15. The highest BCUT2D eigenvalue weighted by Gasteiger charge is 2.16. The lowest BCUT2D eigenvalue weighted by atomic mass is 10.00. The van der Waals surface area contributed by atoms with Gasteiger partial charge in [0, 0.05) is 11.0 Å². The predicted octanol–water partition coefficient (Wildman–Crippen LogP) is 3.25. The van der Waals surface area contributed by atoms with E-state index in [1.807, 2.05) is 12.1 Å². The molecular weight excluding hydrogens is 351 g/mol. The van der Waals surface area contributed by atoms with Crippen LogP contribution in [-0.4, -0.2) is 25.5 Å². The molecular formula is C13H17BrCl2N2O. The molecule has 1 atom stereocenters. The van der Waals surface area contributed by atoms with Crippen LogP contribution < -0.4 is 10.6 Å². The first-order valence-electron chi connectivity index (χ1n) is 6.11. The molecule has 0 aliphatic carbocycles. The van der Waals surface area contributed by atoms with E-state index in [0.717, 1.165) is 17.6 Å². The zero-order valence-corrected chi connectivity index (χ0v) is 13.6. The Morgan fingerprint density at radius 1 is 1.53 bits per heavy atom. The van der Waals surface area contributed by atoms with Crippen molar-refractivity contribution in [3.05, 3.63) is 33.3 Å². The molecule has 6 heteroatoms. The molecule has 2 N–H and O–H groups in total. The van der Waals surface area contributed by atoms with Crippen LogP contribution in [0.2, 0.25) is 5.02 Å². The van der Waals surface area contributed by atoms with Gasteiger partial charge < -0.3 is 10.6 Å². The molecule has 1 aliphatic heterocycles. The fourth-order valence-electron chi connectivity index (χ4n) is 2.11. The number of benzene rings is 1. The summed E-state index contributed by atoms with van der Waals surface area (Å²) in [4.78, 5) is 12.0. The Morgan fingerprint density at radius 3 is 3.00 bits per heavy atom. The Balaban J connectivity index is 0.00000180. The van der Waals surface area contributed by atoms with Crippen molar-refractivity contribution in [3.8, 4) is 0 Å². The predicted molar refractivity (Wildman–Crippen MR) is 84.3 cm³/mol. The summed E-state index contributed by atoms with van der Waals surface area (Å²) in [5.41, 5.74) is 0.523. The Labute approximate surface area is 133 Å². The number of nitrogens with one attached hydrogen (secondary N) is 2. The Hall–Kier alpha value is -0.290. The summed E-state index contributed by atoms with van der Waals surface area (Å²) in [5, 5.41) is 6.76. The second-order valence-electron chi connectivity index (χ2n) is 4.52. The normalized spacial score (nSPS) is 18.5. The smallest absolute Gasteiger partial charge is 0.252 e. The molecule has 0 bridgehead atoms. The number of piperidine rings is 1. The highest BCUT2D eigenvalue weighted by Crippen LogP contribution is 2.25. The second-order valence-corrected chi connectivity index (χ2v) is 5.76. The molecule has 0 spiro atoms. The van der Waals surface area contributed by atoms with E-state index in [2.05, 4.69) is 26.6 Å². The first kappa shape index (κ1) is 16.8. The molecule has 0 radical (unpaired) electrons. The minimum Gasteiger partial charge on any atom is -0.352 e. The number of carbonyl (C=O) groups is 1. The fourth-order valence-corrected chi connectivity index (χ4v) is 2.69. The van der Waals surface area contributed by atoms with Crippen molar-refractivity contribution in [2.75, 3.05) is 19.6 Å². The third-order valence-electron chi connectivity index (χ3n) is 3.15. The zero-order chi connectivity index (χ0) is 13.0. The van der Waals surface area contributed by atoms with Crippen LogP contribution in [-0.2, 0) is 0 Å². The van der Waals surface area contributed by atoms with Crippen LogP contribution in [0.1, 0.15) is 23.2 Å². The third kappa shape index (κ3) is 4.63. The van der Waals surface area contributed by atoms with Gasteiger partial charge in [0.1, 0.15) is 0 Å². The van der Waals surface area contributed by atoms with Gasteiger partial charge in [0.25, 0.3) is 5.91 Å². The van der Waals surface area contributed by atoms with E-state index in [9.17, 15) is 4.79 Å². The van der Waals surface area contributed by atoms with Gasteiger partial charge in [-0.1, -0.05) is 17.7 Å². The van der Waals surface area contributed by atoms with Crippen LogP contribution >= 0.6 is 39.9 Å². The minimum atomic E-state index is -0.105. The molecule has 1 saturated heterocycles. The van der Waals surface area contributed by atoms with E-state index < -0.39 is 0 Å². The molecule has 0 aromatic heterocycles. The lowest BCUT2D eigenvalue weighted by Gasteiger charge is -2.23. The van der Waals surface area contributed by atoms with Crippen LogP contribution in [0.3, 0.4) is 0 Å². The number of carbonyl (C=O) groups excluding carboxylic acids is 1. The van der Waals surface area contributed by atoms with Gasteiger partial charge in [-0.2, -0.15) is 0 Å². The van der Waals surface area contributed by atoms with Gasteiger partial charge in [-0.3, -0.25) is 4.79 Å². The van der Waals surface area contributed by atoms with Crippen LogP contribution in [0.5, 0.6) is 0 Å². The minimum absolute atomic E-state index is 0. The Morgan fingerprint density at radius 2 is 2.32 bits per heavy atom. The Bertz CT molecular complexity index is 437. The number of hydrogen-bond acceptors (Lipinski definition) is 2. The molecule has 1 aromatic rings. The summed E-state index contributed by atoms with van der Waals surface area (Å²) in [7, 11) is 0. The van der Waals surface area contributed by atoms with E-state index >= 15 is 0 Å². The molecule has 1 amide bonds. The SMILES string of the molecule is Cl.O=C(NCC1CCCNC1)c1cccc(Br)c1Cl. The van der Waals surface area contributed by atoms with Gasteiger partial charge in [-0.25, -0.2) is 0 Å². The maximum absolute atomic E-state index is 12.0. The largest absolute Gasteiger partial charge is 0.352 e. The first-order valence-corrected chi connectivity index (χ1v) is 7.28. The summed E-state index contributed by atoms with van der Waals surface area (Å²) in [6, 6.07) is 5.37. The molecule has 0 saturated carbocycles. The van der Waals surface area contributed by atoms with Gasteiger partial charge in [-0.15, -0.1) is 12.4 Å². The molecule has 2 rings (SSSR count). The molecule has 1 aromatic carbocycles. The summed E-state index contributed by atoms with van der Waals surface area (Å²) in [6.45, 7) is 2.77. The van der Waals surface area contributed by atoms with E-state index in [1.165, 1.54) is 12.8 Å². The topological polar surface area (TPSA) is 41.1 Å². The molecule has 1 unspecified atom stereocenters. The maximum atomic E-state index is 12.0. The van der Waals surface area contributed by atoms with Crippen LogP contribution in [0, 0.1) is 5.92 Å². The molecule has 1 heterocycles. The number of halogens is 3. The summed E-state index contributed by atoms with van der Waals surface area (Å²) >= 11 is 9.41. The average Bonchev–Trinajstić information content (AvgIpc) is 2.40. The van der Waals surface area contributed by atoms with Gasteiger partial charge in [-0.05, 0) is 59.9 Å². The zero-order valence-electron chi connectivity index (χ0n) is 10.4. The van der Waals surface area contributed by atoms with Crippen molar-refractivity contribution in [1.82, 2.24) is 10.6 Å². The van der Waals surface area contributed by atoms with Crippen LogP contribution in [0.15, 0.2) is 22.7 Å². The van der Waals surface area contributed by atoms with Gasteiger partial charge in [0.05, 0.1) is 10.6 Å². The van der Waals surface area contributed by atoms with Crippen molar-refractivity contribution >= 4 is 45.8 Å².